The van der Waals surface area contributed by atoms with Crippen LogP contribution in [0.2, 0.25) is 0 Å². The molecule has 0 heterocycles. The molecule has 2 nitrogen and oxygen atoms in total. The molecule has 0 saturated carbocycles. The minimum absolute atomic E-state index is 0.368. The van der Waals surface area contributed by atoms with Gasteiger partial charge < -0.3 is 9.47 Å². The lowest BCUT2D eigenvalue weighted by molar-refractivity contribution is 0.388. The summed E-state index contributed by atoms with van der Waals surface area (Å²) in [6, 6.07) is 16.8. The second-order valence-corrected chi connectivity index (χ2v) is 5.21. The molecule has 2 rings (SSSR count). The third-order valence-corrected chi connectivity index (χ3v) is 3.86. The van der Waals surface area contributed by atoms with Crippen molar-refractivity contribution in [3.8, 4) is 11.5 Å². The van der Waals surface area contributed by atoms with Gasteiger partial charge in [0.25, 0.3) is 0 Å². The minimum Gasteiger partial charge on any atom is -0.497 e. The standard InChI is InChI=1S/C19H24O2/c1-4-5-11-17(15-9-7-6-8-10-15)18-13-12-16(20-2)14-19(18)21-3/h6-10,12-14,17H,4-5,11H2,1-3H3. The summed E-state index contributed by atoms with van der Waals surface area (Å²) >= 11 is 0. The molecule has 0 spiro atoms. The molecule has 0 aromatic heterocycles. The van der Waals surface area contributed by atoms with E-state index in [1.54, 1.807) is 14.2 Å². The fraction of sp³-hybridized carbons (Fsp3) is 0.368. The van der Waals surface area contributed by atoms with Crippen molar-refractivity contribution < 1.29 is 9.47 Å². The molecule has 21 heavy (non-hydrogen) atoms. The van der Waals surface area contributed by atoms with E-state index >= 15 is 0 Å². The van der Waals surface area contributed by atoms with Gasteiger partial charge in [-0.15, -0.1) is 0 Å². The summed E-state index contributed by atoms with van der Waals surface area (Å²) in [4.78, 5) is 0. The van der Waals surface area contributed by atoms with E-state index in [2.05, 4.69) is 43.3 Å². The number of hydrogen-bond acceptors (Lipinski definition) is 2. The van der Waals surface area contributed by atoms with E-state index in [4.69, 9.17) is 9.47 Å². The third-order valence-electron chi connectivity index (χ3n) is 3.86. The molecule has 2 aromatic rings. The molecule has 1 unspecified atom stereocenters. The molecule has 2 heteroatoms. The van der Waals surface area contributed by atoms with E-state index in [0.717, 1.165) is 17.9 Å². The SMILES string of the molecule is CCCCC(c1ccccc1)c1ccc(OC)cc1OC. The highest BCUT2D eigenvalue weighted by Crippen LogP contribution is 2.37. The predicted molar refractivity (Wildman–Crippen MR) is 87.4 cm³/mol. The zero-order valence-electron chi connectivity index (χ0n) is 13.1. The van der Waals surface area contributed by atoms with Gasteiger partial charge in [-0.25, -0.2) is 0 Å². The average Bonchev–Trinajstić information content (AvgIpc) is 2.56. The molecule has 0 aliphatic rings. The normalized spacial score (nSPS) is 12.0. The van der Waals surface area contributed by atoms with Crippen LogP contribution in [0.1, 0.15) is 43.2 Å². The molecule has 0 fully saturated rings. The quantitative estimate of drug-likeness (QED) is 0.710. The smallest absolute Gasteiger partial charge is 0.126 e. The van der Waals surface area contributed by atoms with Gasteiger partial charge in [-0.05, 0) is 18.1 Å². The Bertz CT molecular complexity index is 549. The second-order valence-electron chi connectivity index (χ2n) is 5.21. The molecule has 0 radical (unpaired) electrons. The monoisotopic (exact) mass is 284 g/mol. The first-order valence-electron chi connectivity index (χ1n) is 7.57. The van der Waals surface area contributed by atoms with Crippen LogP contribution >= 0.6 is 0 Å². The van der Waals surface area contributed by atoms with Gasteiger partial charge in [-0.2, -0.15) is 0 Å². The fourth-order valence-electron chi connectivity index (χ4n) is 2.70. The van der Waals surface area contributed by atoms with E-state index in [9.17, 15) is 0 Å². The maximum Gasteiger partial charge on any atom is 0.126 e. The van der Waals surface area contributed by atoms with Crippen LogP contribution in [0, 0.1) is 0 Å². The summed E-state index contributed by atoms with van der Waals surface area (Å²) in [7, 11) is 3.40. The summed E-state index contributed by atoms with van der Waals surface area (Å²) in [6.45, 7) is 2.23. The molecular weight excluding hydrogens is 260 g/mol. The Morgan fingerprint density at radius 1 is 0.952 bits per heavy atom. The Hall–Kier alpha value is -1.96. The highest BCUT2D eigenvalue weighted by molar-refractivity contribution is 5.46. The highest BCUT2D eigenvalue weighted by atomic mass is 16.5. The first-order valence-corrected chi connectivity index (χ1v) is 7.57. The molecule has 0 aliphatic heterocycles. The van der Waals surface area contributed by atoms with E-state index in [1.165, 1.54) is 24.0 Å². The van der Waals surface area contributed by atoms with Crippen LogP contribution < -0.4 is 9.47 Å². The van der Waals surface area contributed by atoms with Crippen molar-refractivity contribution >= 4 is 0 Å². The van der Waals surface area contributed by atoms with Gasteiger partial charge in [-0.1, -0.05) is 56.2 Å². The number of methoxy groups -OCH3 is 2. The Labute approximate surface area is 127 Å². The van der Waals surface area contributed by atoms with Crippen molar-refractivity contribution in [2.75, 3.05) is 14.2 Å². The van der Waals surface area contributed by atoms with E-state index in [1.807, 2.05) is 12.1 Å². The van der Waals surface area contributed by atoms with Crippen LogP contribution in [-0.4, -0.2) is 14.2 Å². The molecular formula is C19H24O2. The van der Waals surface area contributed by atoms with Crippen molar-refractivity contribution in [1.29, 1.82) is 0 Å². The first-order chi connectivity index (χ1) is 10.3. The van der Waals surface area contributed by atoms with Gasteiger partial charge in [-0.3, -0.25) is 0 Å². The molecule has 1 atom stereocenters. The van der Waals surface area contributed by atoms with Gasteiger partial charge in [0.15, 0.2) is 0 Å². The largest absolute Gasteiger partial charge is 0.497 e. The van der Waals surface area contributed by atoms with Gasteiger partial charge in [0, 0.05) is 17.5 Å². The summed E-state index contributed by atoms with van der Waals surface area (Å²) in [5.41, 5.74) is 2.58. The molecule has 2 aromatic carbocycles. The van der Waals surface area contributed by atoms with Crippen LogP contribution in [0.25, 0.3) is 0 Å². The van der Waals surface area contributed by atoms with Crippen LogP contribution in [0.4, 0.5) is 0 Å². The first kappa shape index (κ1) is 15.4. The van der Waals surface area contributed by atoms with Crippen molar-refractivity contribution in [3.05, 3.63) is 59.7 Å². The average molecular weight is 284 g/mol. The van der Waals surface area contributed by atoms with Crippen LogP contribution in [0.5, 0.6) is 11.5 Å². The van der Waals surface area contributed by atoms with Crippen molar-refractivity contribution in [2.24, 2.45) is 0 Å². The summed E-state index contributed by atoms with van der Waals surface area (Å²) in [5, 5.41) is 0. The predicted octanol–water partition coefficient (Wildman–Crippen LogP) is 5.03. The van der Waals surface area contributed by atoms with Crippen molar-refractivity contribution in [2.45, 2.75) is 32.1 Å². The second kappa shape index (κ2) is 7.72. The van der Waals surface area contributed by atoms with Crippen LogP contribution in [-0.2, 0) is 0 Å². The molecule has 0 bridgehead atoms. The van der Waals surface area contributed by atoms with E-state index < -0.39 is 0 Å². The lowest BCUT2D eigenvalue weighted by Crippen LogP contribution is -2.04. The van der Waals surface area contributed by atoms with Crippen LogP contribution in [0.15, 0.2) is 48.5 Å². The van der Waals surface area contributed by atoms with E-state index in [-0.39, 0.29) is 0 Å². The Kier molecular flexibility index (Phi) is 5.68. The number of benzene rings is 2. The maximum atomic E-state index is 5.59. The topological polar surface area (TPSA) is 18.5 Å². The lowest BCUT2D eigenvalue weighted by atomic mass is 9.86. The van der Waals surface area contributed by atoms with Gasteiger partial charge in [0.1, 0.15) is 11.5 Å². The molecule has 0 saturated heterocycles. The lowest BCUT2D eigenvalue weighted by Gasteiger charge is -2.21. The van der Waals surface area contributed by atoms with Gasteiger partial charge in [0.05, 0.1) is 14.2 Å². The Balaban J connectivity index is 2.41. The Morgan fingerprint density at radius 3 is 2.33 bits per heavy atom. The molecule has 112 valence electrons. The third kappa shape index (κ3) is 3.78. The van der Waals surface area contributed by atoms with E-state index in [0.29, 0.717) is 5.92 Å². The Morgan fingerprint density at radius 2 is 1.71 bits per heavy atom. The summed E-state index contributed by atoms with van der Waals surface area (Å²) in [5.74, 6) is 2.10. The molecule has 0 N–H and O–H groups in total. The van der Waals surface area contributed by atoms with Crippen LogP contribution in [0.3, 0.4) is 0 Å². The number of unbranched alkanes of at least 4 members (excludes halogenated alkanes) is 1. The highest BCUT2D eigenvalue weighted by Gasteiger charge is 2.18. The molecule has 0 aliphatic carbocycles. The summed E-state index contributed by atoms with van der Waals surface area (Å²) in [6.07, 6.45) is 3.53. The summed E-state index contributed by atoms with van der Waals surface area (Å²) < 4.78 is 10.9. The van der Waals surface area contributed by atoms with Crippen molar-refractivity contribution in [3.63, 3.8) is 0 Å². The van der Waals surface area contributed by atoms with Gasteiger partial charge in [0.2, 0.25) is 0 Å². The molecule has 0 amide bonds. The minimum atomic E-state index is 0.368. The number of rotatable bonds is 7. The fourth-order valence-corrected chi connectivity index (χ4v) is 2.70. The number of hydrogen-bond donors (Lipinski definition) is 0. The van der Waals surface area contributed by atoms with Crippen molar-refractivity contribution in [1.82, 2.24) is 0 Å². The number of ether oxygens (including phenoxy) is 2. The van der Waals surface area contributed by atoms with Gasteiger partial charge >= 0.3 is 0 Å². The zero-order chi connectivity index (χ0) is 15.1. The zero-order valence-corrected chi connectivity index (χ0v) is 13.1. The maximum absolute atomic E-state index is 5.59.